The standard InChI is InChI=1S/Co.Mn.H2O.Ti/h;;1H2;. The Labute approximate surface area is 60.8 Å². The van der Waals surface area contributed by atoms with E-state index in [-0.39, 0.29) is 61.0 Å². The SMILES string of the molecule is O.[Co].[Mn].[Ti]. The summed E-state index contributed by atoms with van der Waals surface area (Å²) in [6, 6.07) is 0. The minimum absolute atomic E-state index is 0. The molecule has 1 nitrogen and oxygen atoms in total. The fraction of sp³-hybridized carbons (Fsp3) is 0. The number of rotatable bonds is 0. The normalized spacial score (nSPS) is 0. The van der Waals surface area contributed by atoms with Gasteiger partial charge in [-0.15, -0.1) is 0 Å². The summed E-state index contributed by atoms with van der Waals surface area (Å²) in [7, 11) is 0. The van der Waals surface area contributed by atoms with Crippen molar-refractivity contribution in [3.05, 3.63) is 0 Å². The van der Waals surface area contributed by atoms with Crippen molar-refractivity contribution in [2.24, 2.45) is 0 Å². The Hall–Kier alpha value is 1.70. The molecule has 0 saturated heterocycles. The van der Waals surface area contributed by atoms with Crippen molar-refractivity contribution < 1.29 is 61.0 Å². The van der Waals surface area contributed by atoms with Gasteiger partial charge in [0.1, 0.15) is 0 Å². The molecule has 0 bridgehead atoms. The first-order valence-corrected chi connectivity index (χ1v) is 0. The Balaban J connectivity index is 0. The molecule has 0 rings (SSSR count). The van der Waals surface area contributed by atoms with Crippen LogP contribution < -0.4 is 0 Å². The van der Waals surface area contributed by atoms with Gasteiger partial charge in [-0.1, -0.05) is 0 Å². The van der Waals surface area contributed by atoms with E-state index in [2.05, 4.69) is 0 Å². The van der Waals surface area contributed by atoms with Gasteiger partial charge >= 0.3 is 0 Å². The van der Waals surface area contributed by atoms with Crippen molar-refractivity contribution in [2.75, 3.05) is 0 Å². The Bertz CT molecular complexity index is 8.00. The molecular formula is H2CoMnOTi. The largest absolute Gasteiger partial charge is 0.412 e. The van der Waals surface area contributed by atoms with E-state index in [1.807, 2.05) is 0 Å². The van der Waals surface area contributed by atoms with E-state index in [1.54, 1.807) is 0 Å². The average Bonchev–Trinajstić information content (AvgIpc) is 0. The molecular weight excluding hydrogens is 178 g/mol. The van der Waals surface area contributed by atoms with Crippen LogP contribution in [0.5, 0.6) is 0 Å². The van der Waals surface area contributed by atoms with Gasteiger partial charge in [-0.25, -0.2) is 0 Å². The summed E-state index contributed by atoms with van der Waals surface area (Å²) in [5.41, 5.74) is 0. The molecule has 0 aromatic carbocycles. The van der Waals surface area contributed by atoms with Crippen LogP contribution in [-0.2, 0) is 55.6 Å². The van der Waals surface area contributed by atoms with Crippen molar-refractivity contribution in [1.82, 2.24) is 0 Å². The van der Waals surface area contributed by atoms with Gasteiger partial charge in [-0.05, 0) is 0 Å². The average molecular weight is 180 g/mol. The summed E-state index contributed by atoms with van der Waals surface area (Å²) >= 11 is 0. The van der Waals surface area contributed by atoms with E-state index >= 15 is 0 Å². The van der Waals surface area contributed by atoms with Crippen LogP contribution in [0, 0.1) is 0 Å². The zero-order valence-corrected chi connectivity index (χ0v) is 5.49. The summed E-state index contributed by atoms with van der Waals surface area (Å²) in [4.78, 5) is 0. The van der Waals surface area contributed by atoms with E-state index in [0.717, 1.165) is 0 Å². The molecule has 2 radical (unpaired) electrons. The quantitative estimate of drug-likeness (QED) is 0.435. The van der Waals surface area contributed by atoms with E-state index in [0.29, 0.717) is 0 Å². The molecule has 0 spiro atoms. The first-order valence-electron chi connectivity index (χ1n) is 0. The van der Waals surface area contributed by atoms with Crippen LogP contribution in [0.4, 0.5) is 0 Å². The number of hydrogen-bond acceptors (Lipinski definition) is 0. The molecule has 0 aliphatic rings. The summed E-state index contributed by atoms with van der Waals surface area (Å²) in [6.45, 7) is 0. The van der Waals surface area contributed by atoms with Gasteiger partial charge in [-0.3, -0.25) is 0 Å². The third kappa shape index (κ3) is 9.33. The third-order valence-corrected chi connectivity index (χ3v) is 0. The molecule has 0 amide bonds. The summed E-state index contributed by atoms with van der Waals surface area (Å²) in [5, 5.41) is 0. The second-order valence-electron chi connectivity index (χ2n) is 0. The van der Waals surface area contributed by atoms with Gasteiger partial charge in [0.25, 0.3) is 0 Å². The summed E-state index contributed by atoms with van der Waals surface area (Å²) in [5.74, 6) is 0. The third-order valence-electron chi connectivity index (χ3n) is 0. The topological polar surface area (TPSA) is 31.5 Å². The van der Waals surface area contributed by atoms with Gasteiger partial charge in [0.15, 0.2) is 0 Å². The molecule has 4 heavy (non-hydrogen) atoms. The van der Waals surface area contributed by atoms with Crippen molar-refractivity contribution in [1.29, 1.82) is 0 Å². The van der Waals surface area contributed by atoms with Crippen LogP contribution >= 0.6 is 0 Å². The molecule has 0 atom stereocenters. The Morgan fingerprint density at radius 3 is 1.00 bits per heavy atom. The van der Waals surface area contributed by atoms with Crippen LogP contribution in [-0.4, -0.2) is 5.48 Å². The zero-order chi connectivity index (χ0) is 0. The van der Waals surface area contributed by atoms with E-state index < -0.39 is 0 Å². The molecule has 0 aromatic heterocycles. The molecule has 0 unspecified atom stereocenters. The van der Waals surface area contributed by atoms with Crippen molar-refractivity contribution in [3.8, 4) is 0 Å². The van der Waals surface area contributed by atoms with Crippen LogP contribution in [0.1, 0.15) is 0 Å². The Morgan fingerprint density at radius 2 is 1.00 bits per heavy atom. The van der Waals surface area contributed by atoms with E-state index in [1.165, 1.54) is 0 Å². The maximum absolute atomic E-state index is 0. The first-order chi connectivity index (χ1) is 0. The minimum Gasteiger partial charge on any atom is -0.412 e. The second-order valence-corrected chi connectivity index (χ2v) is 0. The predicted molar refractivity (Wildman–Crippen MR) is 3.61 cm³/mol. The van der Waals surface area contributed by atoms with Gasteiger partial charge < -0.3 is 5.48 Å². The van der Waals surface area contributed by atoms with Gasteiger partial charge in [0, 0.05) is 55.6 Å². The molecule has 2 N–H and O–H groups in total. The van der Waals surface area contributed by atoms with Crippen LogP contribution in [0.2, 0.25) is 0 Å². The maximum atomic E-state index is 0. The molecule has 4 heteroatoms. The second kappa shape index (κ2) is 22.3. The monoisotopic (exact) mass is 180 g/mol. The Kier molecular flexibility index (Phi) is 242. The predicted octanol–water partition coefficient (Wildman–Crippen LogP) is -0.832. The fourth-order valence-electron chi connectivity index (χ4n) is 0. The van der Waals surface area contributed by atoms with Gasteiger partial charge in [-0.2, -0.15) is 0 Å². The molecule has 0 aliphatic heterocycles. The summed E-state index contributed by atoms with van der Waals surface area (Å²) in [6.07, 6.45) is 0. The van der Waals surface area contributed by atoms with Crippen molar-refractivity contribution in [3.63, 3.8) is 0 Å². The molecule has 0 fully saturated rings. The first kappa shape index (κ1) is 43.6. The smallest absolute Gasteiger partial charge is 0 e. The molecule has 0 heterocycles. The van der Waals surface area contributed by atoms with E-state index in [9.17, 15) is 0 Å². The molecule has 0 saturated carbocycles. The van der Waals surface area contributed by atoms with E-state index in [4.69, 9.17) is 0 Å². The van der Waals surface area contributed by atoms with Crippen LogP contribution in [0.3, 0.4) is 0 Å². The zero-order valence-electron chi connectivity index (χ0n) is 1.71. The van der Waals surface area contributed by atoms with Crippen molar-refractivity contribution in [2.45, 2.75) is 0 Å². The molecule has 28 valence electrons. The fourth-order valence-corrected chi connectivity index (χ4v) is 0. The summed E-state index contributed by atoms with van der Waals surface area (Å²) < 4.78 is 0. The van der Waals surface area contributed by atoms with Crippen molar-refractivity contribution >= 4 is 0 Å². The number of hydrogen-bond donors (Lipinski definition) is 0. The van der Waals surface area contributed by atoms with Gasteiger partial charge in [0.2, 0.25) is 0 Å². The maximum Gasteiger partial charge on any atom is 0 e. The Morgan fingerprint density at radius 1 is 1.00 bits per heavy atom. The minimum atomic E-state index is 0. The molecule has 0 aliphatic carbocycles. The van der Waals surface area contributed by atoms with Gasteiger partial charge in [0.05, 0.1) is 0 Å². The molecule has 0 aromatic rings. The van der Waals surface area contributed by atoms with Crippen LogP contribution in [0.25, 0.3) is 0 Å². The van der Waals surface area contributed by atoms with Crippen LogP contribution in [0.15, 0.2) is 0 Å².